The van der Waals surface area contributed by atoms with Crippen molar-refractivity contribution >= 4 is 0 Å². The summed E-state index contributed by atoms with van der Waals surface area (Å²) in [5.41, 5.74) is 0. The van der Waals surface area contributed by atoms with Gasteiger partial charge >= 0.3 is 0 Å². The third-order valence-corrected chi connectivity index (χ3v) is 3.72. The van der Waals surface area contributed by atoms with Crippen LogP contribution in [0.4, 0.5) is 0 Å². The van der Waals surface area contributed by atoms with Crippen LogP contribution in [0.5, 0.6) is 0 Å². The van der Waals surface area contributed by atoms with Crippen LogP contribution in [-0.2, 0) is 0 Å². The molecule has 1 saturated heterocycles. The smallest absolute Gasteiger partial charge is 0.0524 e. The van der Waals surface area contributed by atoms with Crippen LogP contribution >= 0.6 is 0 Å². The first-order valence-electron chi connectivity index (χ1n) is 6.77. The predicted octanol–water partition coefficient (Wildman–Crippen LogP) is 1.47. The first-order valence-corrected chi connectivity index (χ1v) is 6.77. The quantitative estimate of drug-likeness (QED) is 0.722. The average molecular weight is 228 g/mol. The maximum atomic E-state index is 9.21. The molecule has 0 aromatic carbocycles. The van der Waals surface area contributed by atoms with Gasteiger partial charge in [-0.15, -0.1) is 0 Å². The zero-order chi connectivity index (χ0) is 12.0. The Morgan fingerprint density at radius 2 is 2.19 bits per heavy atom. The Morgan fingerprint density at radius 1 is 1.44 bits per heavy atom. The van der Waals surface area contributed by atoms with Crippen molar-refractivity contribution in [3.63, 3.8) is 0 Å². The number of piperidine rings is 1. The fraction of sp³-hybridized carbons (Fsp3) is 1.00. The molecule has 0 radical (unpaired) electrons. The van der Waals surface area contributed by atoms with E-state index in [1.54, 1.807) is 0 Å². The normalized spacial score (nSPS) is 26.6. The Balaban J connectivity index is 2.21. The Kier molecular flexibility index (Phi) is 6.32. The molecular formula is C13H28N2O. The van der Waals surface area contributed by atoms with E-state index in [0.717, 1.165) is 18.9 Å². The van der Waals surface area contributed by atoms with Crippen LogP contribution in [0.2, 0.25) is 0 Å². The van der Waals surface area contributed by atoms with Crippen molar-refractivity contribution in [2.75, 3.05) is 26.2 Å². The Morgan fingerprint density at radius 3 is 2.81 bits per heavy atom. The Hall–Kier alpha value is -0.120. The summed E-state index contributed by atoms with van der Waals surface area (Å²) >= 11 is 0. The SMILES string of the molecule is CCN1CCCC(C(C)NCCC(C)O)C1. The molecule has 0 amide bonds. The van der Waals surface area contributed by atoms with E-state index in [0.29, 0.717) is 6.04 Å². The van der Waals surface area contributed by atoms with Gasteiger partial charge in [0.25, 0.3) is 0 Å². The van der Waals surface area contributed by atoms with Gasteiger partial charge < -0.3 is 15.3 Å². The summed E-state index contributed by atoms with van der Waals surface area (Å²) in [4.78, 5) is 2.54. The molecule has 1 rings (SSSR count). The summed E-state index contributed by atoms with van der Waals surface area (Å²) in [5.74, 6) is 0.780. The zero-order valence-electron chi connectivity index (χ0n) is 11.1. The van der Waals surface area contributed by atoms with Gasteiger partial charge in [0.1, 0.15) is 0 Å². The van der Waals surface area contributed by atoms with Gasteiger partial charge in [0.05, 0.1) is 6.10 Å². The lowest BCUT2D eigenvalue weighted by Crippen LogP contribution is -2.44. The van der Waals surface area contributed by atoms with Crippen molar-refractivity contribution in [1.82, 2.24) is 10.2 Å². The van der Waals surface area contributed by atoms with Crippen LogP contribution in [0.25, 0.3) is 0 Å². The van der Waals surface area contributed by atoms with Gasteiger partial charge in [-0.3, -0.25) is 0 Å². The van der Waals surface area contributed by atoms with E-state index in [1.807, 2.05) is 6.92 Å². The fourth-order valence-corrected chi connectivity index (χ4v) is 2.47. The van der Waals surface area contributed by atoms with E-state index < -0.39 is 0 Å². The Labute approximate surface area is 100 Å². The van der Waals surface area contributed by atoms with Crippen LogP contribution < -0.4 is 5.32 Å². The second-order valence-corrected chi connectivity index (χ2v) is 5.18. The third kappa shape index (κ3) is 4.81. The van der Waals surface area contributed by atoms with E-state index in [1.165, 1.54) is 32.5 Å². The summed E-state index contributed by atoms with van der Waals surface area (Å²) in [6, 6.07) is 0.577. The van der Waals surface area contributed by atoms with E-state index in [9.17, 15) is 5.11 Å². The van der Waals surface area contributed by atoms with Crippen LogP contribution in [0.3, 0.4) is 0 Å². The lowest BCUT2D eigenvalue weighted by atomic mass is 9.91. The Bertz CT molecular complexity index is 185. The molecule has 3 heteroatoms. The summed E-state index contributed by atoms with van der Waals surface area (Å²) in [6.45, 7) is 11.0. The standard InChI is InChI=1S/C13H28N2O/c1-4-15-9-5-6-13(10-15)12(3)14-8-7-11(2)16/h11-14,16H,4-10H2,1-3H3. The molecule has 1 aliphatic rings. The highest BCUT2D eigenvalue weighted by atomic mass is 16.3. The van der Waals surface area contributed by atoms with Crippen molar-refractivity contribution < 1.29 is 5.11 Å². The van der Waals surface area contributed by atoms with E-state index in [4.69, 9.17) is 0 Å². The molecule has 3 unspecified atom stereocenters. The van der Waals surface area contributed by atoms with E-state index in [2.05, 4.69) is 24.1 Å². The topological polar surface area (TPSA) is 35.5 Å². The highest BCUT2D eigenvalue weighted by Crippen LogP contribution is 2.19. The number of aliphatic hydroxyl groups excluding tert-OH is 1. The highest BCUT2D eigenvalue weighted by Gasteiger charge is 2.23. The van der Waals surface area contributed by atoms with Gasteiger partial charge in [0.15, 0.2) is 0 Å². The number of hydrogen-bond acceptors (Lipinski definition) is 3. The van der Waals surface area contributed by atoms with Crippen LogP contribution in [0, 0.1) is 5.92 Å². The van der Waals surface area contributed by atoms with E-state index >= 15 is 0 Å². The van der Waals surface area contributed by atoms with Crippen molar-refractivity contribution in [1.29, 1.82) is 0 Å². The number of rotatable bonds is 6. The monoisotopic (exact) mass is 228 g/mol. The van der Waals surface area contributed by atoms with Crippen LogP contribution in [0.15, 0.2) is 0 Å². The number of aliphatic hydroxyl groups is 1. The van der Waals surface area contributed by atoms with Crippen molar-refractivity contribution in [3.8, 4) is 0 Å². The summed E-state index contributed by atoms with van der Waals surface area (Å²) in [7, 11) is 0. The summed E-state index contributed by atoms with van der Waals surface area (Å²) in [6.07, 6.45) is 3.35. The number of likely N-dealkylation sites (tertiary alicyclic amines) is 1. The third-order valence-electron chi connectivity index (χ3n) is 3.72. The van der Waals surface area contributed by atoms with Gasteiger partial charge in [0, 0.05) is 12.6 Å². The van der Waals surface area contributed by atoms with Gasteiger partial charge in [-0.1, -0.05) is 6.92 Å². The molecule has 3 nitrogen and oxygen atoms in total. The number of nitrogens with one attached hydrogen (secondary N) is 1. The molecule has 0 spiro atoms. The van der Waals surface area contributed by atoms with Gasteiger partial charge in [-0.05, 0) is 58.7 Å². The zero-order valence-corrected chi connectivity index (χ0v) is 11.1. The average Bonchev–Trinajstić information content (AvgIpc) is 2.28. The largest absolute Gasteiger partial charge is 0.393 e. The molecule has 1 heterocycles. The fourth-order valence-electron chi connectivity index (χ4n) is 2.47. The molecule has 0 aromatic rings. The molecule has 1 aliphatic heterocycles. The van der Waals surface area contributed by atoms with Crippen LogP contribution in [0.1, 0.15) is 40.0 Å². The molecule has 0 saturated carbocycles. The number of nitrogens with zero attached hydrogens (tertiary/aromatic N) is 1. The highest BCUT2D eigenvalue weighted by molar-refractivity contribution is 4.80. The van der Waals surface area contributed by atoms with Crippen molar-refractivity contribution in [3.05, 3.63) is 0 Å². The molecule has 96 valence electrons. The molecule has 16 heavy (non-hydrogen) atoms. The molecular weight excluding hydrogens is 200 g/mol. The summed E-state index contributed by atoms with van der Waals surface area (Å²) in [5, 5.41) is 12.7. The minimum atomic E-state index is -0.182. The van der Waals surface area contributed by atoms with Crippen molar-refractivity contribution in [2.24, 2.45) is 5.92 Å². The second kappa shape index (κ2) is 7.25. The molecule has 3 atom stereocenters. The van der Waals surface area contributed by atoms with Crippen LogP contribution in [-0.4, -0.2) is 48.3 Å². The van der Waals surface area contributed by atoms with Crippen molar-refractivity contribution in [2.45, 2.75) is 52.2 Å². The molecule has 2 N–H and O–H groups in total. The molecule has 0 aromatic heterocycles. The molecule has 0 aliphatic carbocycles. The minimum absolute atomic E-state index is 0.182. The van der Waals surface area contributed by atoms with Gasteiger partial charge in [-0.25, -0.2) is 0 Å². The summed E-state index contributed by atoms with van der Waals surface area (Å²) < 4.78 is 0. The lowest BCUT2D eigenvalue weighted by molar-refractivity contribution is 0.150. The maximum absolute atomic E-state index is 9.21. The minimum Gasteiger partial charge on any atom is -0.393 e. The molecule has 0 bridgehead atoms. The first-order chi connectivity index (χ1) is 7.63. The maximum Gasteiger partial charge on any atom is 0.0524 e. The van der Waals surface area contributed by atoms with Gasteiger partial charge in [-0.2, -0.15) is 0 Å². The number of hydrogen-bond donors (Lipinski definition) is 2. The predicted molar refractivity (Wildman–Crippen MR) is 68.6 cm³/mol. The van der Waals surface area contributed by atoms with E-state index in [-0.39, 0.29) is 6.10 Å². The second-order valence-electron chi connectivity index (χ2n) is 5.18. The first kappa shape index (κ1) is 13.9. The lowest BCUT2D eigenvalue weighted by Gasteiger charge is -2.35. The molecule has 1 fully saturated rings. The van der Waals surface area contributed by atoms with Gasteiger partial charge in [0.2, 0.25) is 0 Å².